The van der Waals surface area contributed by atoms with Crippen molar-refractivity contribution in [2.45, 2.75) is 0 Å². The molecule has 0 aliphatic heterocycles. The fourth-order valence-corrected chi connectivity index (χ4v) is 0.654. The molecular weight excluding hydrogens is 174 g/mol. The van der Waals surface area contributed by atoms with Gasteiger partial charge in [0.05, 0.1) is 0 Å². The molecule has 0 heterocycles. The van der Waals surface area contributed by atoms with E-state index in [0.29, 0.717) is 0 Å². The van der Waals surface area contributed by atoms with Gasteiger partial charge in [0.15, 0.2) is 0 Å². The van der Waals surface area contributed by atoms with Gasteiger partial charge in [-0.3, -0.25) is 0 Å². The largest absolute Gasteiger partial charge is 0.507 e. The zero-order valence-electron chi connectivity index (χ0n) is 6.71. The minimum atomic E-state index is -1.11. The fourth-order valence-electron chi connectivity index (χ4n) is 0.654. The predicted molar refractivity (Wildman–Crippen MR) is 46.4 cm³/mol. The molecule has 0 bridgehead atoms. The summed E-state index contributed by atoms with van der Waals surface area (Å²) in [6.07, 6.45) is 0. The highest BCUT2D eigenvalue weighted by atomic mass is 16.4. The first-order valence-corrected chi connectivity index (χ1v) is 3.24. The van der Waals surface area contributed by atoms with Crippen LogP contribution in [0.25, 0.3) is 0 Å². The number of nitrogens with zero attached hydrogens (tertiary/aromatic N) is 1. The van der Waals surface area contributed by atoms with Crippen molar-refractivity contribution in [3.05, 3.63) is 29.8 Å². The van der Waals surface area contributed by atoms with E-state index in [0.717, 1.165) is 0 Å². The number of aromatic hydroxyl groups is 1. The Balaban J connectivity index is 0.000000424. The van der Waals surface area contributed by atoms with Gasteiger partial charge in [-0.1, -0.05) is 12.1 Å². The first-order chi connectivity index (χ1) is 6.13. The lowest BCUT2D eigenvalue weighted by Gasteiger charge is -1.95. The monoisotopic (exact) mass is 183 g/mol. The van der Waals surface area contributed by atoms with Crippen LogP contribution in [0.2, 0.25) is 0 Å². The second-order valence-corrected chi connectivity index (χ2v) is 1.96. The van der Waals surface area contributed by atoms with Gasteiger partial charge in [0.1, 0.15) is 11.3 Å². The number of hydrogen-bond donors (Lipinski definition) is 3. The van der Waals surface area contributed by atoms with Crippen LogP contribution < -0.4 is 0 Å². The lowest BCUT2D eigenvalue weighted by molar-refractivity contribution is 0.0694. The molecule has 0 unspecified atom stereocenters. The van der Waals surface area contributed by atoms with Crippen LogP contribution in [0.15, 0.2) is 29.4 Å². The topological polar surface area (TPSA) is 90.1 Å². The van der Waals surface area contributed by atoms with Crippen LogP contribution in [0.3, 0.4) is 0 Å². The molecule has 0 fully saturated rings. The standard InChI is InChI=1S/C7H6O3.CH3NO/c8-6-4-2-1-3-5(6)7(9)10;1-2-3/h1-4,8H,(H,9,10);3H,1H2. The maximum Gasteiger partial charge on any atom is 0.339 e. The van der Waals surface area contributed by atoms with Crippen molar-refractivity contribution in [1.82, 2.24) is 0 Å². The van der Waals surface area contributed by atoms with Crippen molar-refractivity contribution in [3.63, 3.8) is 0 Å². The maximum absolute atomic E-state index is 10.3. The van der Waals surface area contributed by atoms with E-state index in [2.05, 4.69) is 11.9 Å². The normalized spacial score (nSPS) is 8.00. The lowest BCUT2D eigenvalue weighted by Crippen LogP contribution is -1.95. The SMILES string of the molecule is C=NO.O=C(O)c1ccccc1O. The molecule has 1 aromatic carbocycles. The molecule has 70 valence electrons. The molecule has 1 rings (SSSR count). The Morgan fingerprint density at radius 1 is 1.38 bits per heavy atom. The summed E-state index contributed by atoms with van der Waals surface area (Å²) in [5, 5.41) is 26.6. The van der Waals surface area contributed by atoms with E-state index in [1.165, 1.54) is 12.1 Å². The number of hydrogen-bond acceptors (Lipinski definition) is 4. The molecule has 0 saturated carbocycles. The van der Waals surface area contributed by atoms with Gasteiger partial charge >= 0.3 is 5.97 Å². The van der Waals surface area contributed by atoms with Crippen molar-refractivity contribution < 1.29 is 20.2 Å². The summed E-state index contributed by atoms with van der Waals surface area (Å²) in [5.74, 6) is -1.31. The molecule has 3 N–H and O–H groups in total. The third-order valence-corrected chi connectivity index (χ3v) is 1.13. The van der Waals surface area contributed by atoms with Gasteiger partial charge < -0.3 is 15.4 Å². The van der Waals surface area contributed by atoms with E-state index in [-0.39, 0.29) is 11.3 Å². The van der Waals surface area contributed by atoms with E-state index >= 15 is 0 Å². The number of benzene rings is 1. The molecule has 0 aromatic heterocycles. The highest BCUT2D eigenvalue weighted by Gasteiger charge is 2.05. The summed E-state index contributed by atoms with van der Waals surface area (Å²) in [6.45, 7) is 2.67. The summed E-state index contributed by atoms with van der Waals surface area (Å²) >= 11 is 0. The van der Waals surface area contributed by atoms with Gasteiger partial charge in [0.25, 0.3) is 0 Å². The minimum absolute atomic E-state index is 0.0671. The number of oxime groups is 1. The summed E-state index contributed by atoms with van der Waals surface area (Å²) in [5.41, 5.74) is -0.0671. The molecule has 0 atom stereocenters. The average molecular weight is 183 g/mol. The van der Waals surface area contributed by atoms with Gasteiger partial charge in [-0.2, -0.15) is 0 Å². The Hall–Kier alpha value is -2.04. The number of aromatic carboxylic acids is 1. The molecule has 5 nitrogen and oxygen atoms in total. The second-order valence-electron chi connectivity index (χ2n) is 1.96. The van der Waals surface area contributed by atoms with Crippen molar-refractivity contribution in [1.29, 1.82) is 0 Å². The van der Waals surface area contributed by atoms with E-state index < -0.39 is 5.97 Å². The zero-order valence-corrected chi connectivity index (χ0v) is 6.71. The average Bonchev–Trinajstić information content (AvgIpc) is 2.06. The van der Waals surface area contributed by atoms with Crippen LogP contribution in [0.5, 0.6) is 5.75 Å². The van der Waals surface area contributed by atoms with Gasteiger partial charge in [-0.15, -0.1) is 5.16 Å². The number of carboxylic acids is 1. The highest BCUT2D eigenvalue weighted by molar-refractivity contribution is 5.90. The zero-order chi connectivity index (χ0) is 10.3. The van der Waals surface area contributed by atoms with Gasteiger partial charge in [0, 0.05) is 6.72 Å². The Morgan fingerprint density at radius 3 is 2.15 bits per heavy atom. The number of carbonyl (C=O) groups is 1. The molecule has 0 amide bonds. The fraction of sp³-hybridized carbons (Fsp3) is 0. The Kier molecular flexibility index (Phi) is 4.71. The van der Waals surface area contributed by atoms with E-state index in [1.54, 1.807) is 12.1 Å². The molecule has 0 aliphatic rings. The van der Waals surface area contributed by atoms with Crippen LogP contribution in [-0.4, -0.2) is 28.1 Å². The first-order valence-electron chi connectivity index (χ1n) is 3.24. The van der Waals surface area contributed by atoms with Crippen molar-refractivity contribution in [2.75, 3.05) is 0 Å². The predicted octanol–water partition coefficient (Wildman–Crippen LogP) is 1.17. The number of phenols is 1. The van der Waals surface area contributed by atoms with E-state index in [9.17, 15) is 4.79 Å². The quantitative estimate of drug-likeness (QED) is 0.346. The minimum Gasteiger partial charge on any atom is -0.507 e. The highest BCUT2D eigenvalue weighted by Crippen LogP contribution is 2.14. The van der Waals surface area contributed by atoms with Gasteiger partial charge in [-0.25, -0.2) is 4.79 Å². The molecule has 0 spiro atoms. The Morgan fingerprint density at radius 2 is 1.85 bits per heavy atom. The van der Waals surface area contributed by atoms with Gasteiger partial charge in [-0.05, 0) is 12.1 Å². The van der Waals surface area contributed by atoms with Gasteiger partial charge in [0.2, 0.25) is 0 Å². The van der Waals surface area contributed by atoms with Crippen LogP contribution in [0.4, 0.5) is 0 Å². The molecule has 0 saturated heterocycles. The lowest BCUT2D eigenvalue weighted by atomic mass is 10.2. The summed E-state index contributed by atoms with van der Waals surface area (Å²) in [4.78, 5) is 10.3. The van der Waals surface area contributed by atoms with Crippen LogP contribution in [0.1, 0.15) is 10.4 Å². The molecule has 13 heavy (non-hydrogen) atoms. The first kappa shape index (κ1) is 11.0. The van der Waals surface area contributed by atoms with Crippen LogP contribution >= 0.6 is 0 Å². The Bertz CT molecular complexity index is 298. The smallest absolute Gasteiger partial charge is 0.339 e. The molecular formula is C8H9NO4. The number of para-hydroxylation sites is 1. The van der Waals surface area contributed by atoms with E-state index in [4.69, 9.17) is 15.4 Å². The summed E-state index contributed by atoms with van der Waals surface area (Å²) < 4.78 is 0. The van der Waals surface area contributed by atoms with Crippen molar-refractivity contribution in [2.24, 2.45) is 5.16 Å². The van der Waals surface area contributed by atoms with Crippen molar-refractivity contribution in [3.8, 4) is 5.75 Å². The third kappa shape index (κ3) is 3.76. The summed E-state index contributed by atoms with van der Waals surface area (Å²) in [6, 6.07) is 5.81. The third-order valence-electron chi connectivity index (χ3n) is 1.13. The maximum atomic E-state index is 10.3. The molecule has 0 aliphatic carbocycles. The Labute approximate surface area is 74.6 Å². The molecule has 1 aromatic rings. The number of rotatable bonds is 1. The second kappa shape index (κ2) is 5.59. The van der Waals surface area contributed by atoms with Crippen molar-refractivity contribution >= 4 is 12.7 Å². The van der Waals surface area contributed by atoms with E-state index in [1.807, 2.05) is 0 Å². The molecule has 5 heteroatoms. The number of carboxylic acid groups (broad SMARTS) is 1. The summed E-state index contributed by atoms with van der Waals surface area (Å²) in [7, 11) is 0. The van der Waals surface area contributed by atoms with Crippen LogP contribution in [0, 0.1) is 0 Å². The molecule has 0 radical (unpaired) electrons. The van der Waals surface area contributed by atoms with Crippen LogP contribution in [-0.2, 0) is 0 Å².